The number of nitro groups is 1. The van der Waals surface area contributed by atoms with Crippen molar-refractivity contribution in [3.63, 3.8) is 0 Å². The number of nitrogens with zero attached hydrogens (tertiary/aromatic N) is 3. The van der Waals surface area contributed by atoms with Crippen LogP contribution in [0.4, 0.5) is 10.5 Å². The number of oxime groups is 1. The van der Waals surface area contributed by atoms with E-state index in [9.17, 15) is 29.6 Å². The van der Waals surface area contributed by atoms with Crippen molar-refractivity contribution in [3.05, 3.63) is 68.2 Å². The van der Waals surface area contributed by atoms with Crippen molar-refractivity contribution in [2.24, 2.45) is 11.1 Å². The fourth-order valence-corrected chi connectivity index (χ4v) is 4.67. The standard InChI is InChI=1S/C27H32ClN5O8/c1-4-6-21(16-7-9-20(26(35)36)22(13-16)33(38)39)30-27(37)32-15-24(31-41-5-2)29-14-18(25(32)34)11-17-12-19(28)8-10-23(17)40-3/h7-10,12-13,18,21H,4-6,11,14-15H2,1-3H3,(H,29,31)(H,30,37)(H,35,36)/t18-,21-/m1/s1. The number of nitrogens with one attached hydrogen (secondary N) is 2. The molecule has 0 bridgehead atoms. The number of halogens is 1. The minimum Gasteiger partial charge on any atom is -0.496 e. The summed E-state index contributed by atoms with van der Waals surface area (Å²) in [6, 6.07) is 7.26. The number of amides is 3. The summed E-state index contributed by atoms with van der Waals surface area (Å²) in [7, 11) is 1.51. The first kappa shape index (κ1) is 31.1. The van der Waals surface area contributed by atoms with E-state index in [1.807, 2.05) is 6.92 Å². The highest BCUT2D eigenvalue weighted by Gasteiger charge is 2.35. The molecule has 0 spiro atoms. The number of benzene rings is 2. The lowest BCUT2D eigenvalue weighted by molar-refractivity contribution is -0.385. The highest BCUT2D eigenvalue weighted by molar-refractivity contribution is 6.30. The lowest BCUT2D eigenvalue weighted by atomic mass is 9.97. The number of hydrogen-bond acceptors (Lipinski definition) is 8. The zero-order valence-corrected chi connectivity index (χ0v) is 23.6. The third-order valence-corrected chi connectivity index (χ3v) is 6.69. The number of carboxylic acid groups (broad SMARTS) is 1. The highest BCUT2D eigenvalue weighted by atomic mass is 35.5. The monoisotopic (exact) mass is 589 g/mol. The molecular formula is C27H32ClN5O8. The van der Waals surface area contributed by atoms with Gasteiger partial charge in [0.15, 0.2) is 5.84 Å². The average molecular weight is 590 g/mol. The number of amidine groups is 1. The van der Waals surface area contributed by atoms with Crippen molar-refractivity contribution in [3.8, 4) is 5.75 Å². The van der Waals surface area contributed by atoms with Crippen LogP contribution in [0, 0.1) is 16.0 Å². The zero-order valence-electron chi connectivity index (χ0n) is 22.9. The van der Waals surface area contributed by atoms with Gasteiger partial charge in [-0.1, -0.05) is 36.2 Å². The SMILES string of the molecule is CCC[C@@H](NC(=O)N1C/C(=N/OCC)NC[C@@H](Cc2cc(Cl)ccc2OC)C1=O)c1ccc(C(=O)O)c([N+](=O)[O-])c1. The molecule has 1 heterocycles. The summed E-state index contributed by atoms with van der Waals surface area (Å²) in [4.78, 5) is 55.7. The van der Waals surface area contributed by atoms with Gasteiger partial charge in [-0.2, -0.15) is 0 Å². The van der Waals surface area contributed by atoms with E-state index in [0.29, 0.717) is 34.7 Å². The van der Waals surface area contributed by atoms with E-state index in [1.54, 1.807) is 25.1 Å². The van der Waals surface area contributed by atoms with Gasteiger partial charge in [0, 0.05) is 17.6 Å². The number of carboxylic acids is 1. The van der Waals surface area contributed by atoms with Gasteiger partial charge in [-0.3, -0.25) is 19.8 Å². The third-order valence-electron chi connectivity index (χ3n) is 6.46. The predicted molar refractivity (Wildman–Crippen MR) is 150 cm³/mol. The number of rotatable bonds is 11. The maximum atomic E-state index is 13.7. The fourth-order valence-electron chi connectivity index (χ4n) is 4.47. The Labute approximate surface area is 241 Å². The molecule has 13 nitrogen and oxygen atoms in total. The van der Waals surface area contributed by atoms with Gasteiger partial charge >= 0.3 is 12.0 Å². The Bertz CT molecular complexity index is 1330. The molecule has 14 heteroatoms. The number of aromatic carboxylic acids is 1. The van der Waals surface area contributed by atoms with Gasteiger partial charge in [0.25, 0.3) is 5.69 Å². The average Bonchev–Trinajstić information content (AvgIpc) is 3.10. The third kappa shape index (κ3) is 7.84. The quantitative estimate of drug-likeness (QED) is 0.257. The van der Waals surface area contributed by atoms with Crippen LogP contribution < -0.4 is 15.4 Å². The number of carbonyl (C=O) groups is 3. The largest absolute Gasteiger partial charge is 0.496 e. The maximum absolute atomic E-state index is 13.7. The molecule has 2 aromatic rings. The molecule has 0 aromatic heterocycles. The number of hydrogen-bond donors (Lipinski definition) is 3. The summed E-state index contributed by atoms with van der Waals surface area (Å²) in [5.74, 6) is -1.82. The number of carbonyl (C=O) groups excluding carboxylic acids is 2. The Morgan fingerprint density at radius 3 is 2.68 bits per heavy atom. The first-order valence-electron chi connectivity index (χ1n) is 13.0. The second kappa shape index (κ2) is 14.3. The minimum atomic E-state index is -1.44. The Kier molecular flexibility index (Phi) is 10.9. The second-order valence-corrected chi connectivity index (χ2v) is 9.68. The topological polar surface area (TPSA) is 173 Å². The summed E-state index contributed by atoms with van der Waals surface area (Å²) >= 11 is 6.18. The first-order valence-corrected chi connectivity index (χ1v) is 13.4. The van der Waals surface area contributed by atoms with Crippen molar-refractivity contribution in [2.45, 2.75) is 39.2 Å². The number of methoxy groups -OCH3 is 1. The highest BCUT2D eigenvalue weighted by Crippen LogP contribution is 2.28. The Morgan fingerprint density at radius 2 is 2.05 bits per heavy atom. The van der Waals surface area contributed by atoms with Gasteiger partial charge in [-0.25, -0.2) is 9.59 Å². The van der Waals surface area contributed by atoms with Crippen LogP contribution in [0.5, 0.6) is 5.75 Å². The summed E-state index contributed by atoms with van der Waals surface area (Å²) in [6.45, 7) is 3.84. The molecule has 41 heavy (non-hydrogen) atoms. The van der Waals surface area contributed by atoms with Crippen LogP contribution >= 0.6 is 11.6 Å². The van der Waals surface area contributed by atoms with E-state index in [-0.39, 0.29) is 32.0 Å². The molecular weight excluding hydrogens is 558 g/mol. The van der Waals surface area contributed by atoms with Crippen LogP contribution in [0.15, 0.2) is 41.6 Å². The summed E-state index contributed by atoms with van der Waals surface area (Å²) in [5, 5.41) is 31.2. The molecule has 2 atom stereocenters. The molecule has 1 fully saturated rings. The van der Waals surface area contributed by atoms with Gasteiger partial charge in [-0.15, -0.1) is 0 Å². The lowest BCUT2D eigenvalue weighted by Gasteiger charge is -2.26. The molecule has 0 aliphatic carbocycles. The predicted octanol–water partition coefficient (Wildman–Crippen LogP) is 4.15. The first-order chi connectivity index (χ1) is 19.6. The van der Waals surface area contributed by atoms with Crippen molar-refractivity contribution in [2.75, 3.05) is 26.8 Å². The van der Waals surface area contributed by atoms with Gasteiger partial charge in [-0.05, 0) is 55.2 Å². The number of imide groups is 1. The van der Waals surface area contributed by atoms with Crippen LogP contribution in [0.3, 0.4) is 0 Å². The molecule has 3 N–H and O–H groups in total. The molecule has 3 rings (SSSR count). The van der Waals surface area contributed by atoms with E-state index in [2.05, 4.69) is 15.8 Å². The molecule has 1 saturated heterocycles. The fraction of sp³-hybridized carbons (Fsp3) is 0.407. The maximum Gasteiger partial charge on any atom is 0.342 e. The number of ether oxygens (including phenoxy) is 1. The molecule has 1 aliphatic rings. The van der Waals surface area contributed by atoms with Crippen molar-refractivity contribution in [1.29, 1.82) is 0 Å². The van der Waals surface area contributed by atoms with Crippen LogP contribution in [-0.2, 0) is 16.1 Å². The second-order valence-electron chi connectivity index (χ2n) is 9.25. The van der Waals surface area contributed by atoms with E-state index in [4.69, 9.17) is 21.2 Å². The Balaban J connectivity index is 1.93. The van der Waals surface area contributed by atoms with Crippen molar-refractivity contribution >= 4 is 41.0 Å². The van der Waals surface area contributed by atoms with E-state index in [0.717, 1.165) is 17.0 Å². The normalized spacial score (nSPS) is 16.9. The molecule has 1 aliphatic heterocycles. The van der Waals surface area contributed by atoms with Gasteiger partial charge < -0.3 is 25.3 Å². The molecule has 0 unspecified atom stereocenters. The molecule has 0 radical (unpaired) electrons. The Morgan fingerprint density at radius 1 is 1.29 bits per heavy atom. The molecule has 0 saturated carbocycles. The van der Waals surface area contributed by atoms with Crippen LogP contribution in [0.2, 0.25) is 5.02 Å². The number of nitro benzene ring substituents is 1. The number of urea groups is 1. The van der Waals surface area contributed by atoms with Gasteiger partial charge in [0.2, 0.25) is 5.91 Å². The summed E-state index contributed by atoms with van der Waals surface area (Å²) in [5.41, 5.74) is -0.0478. The van der Waals surface area contributed by atoms with Crippen LogP contribution in [0.1, 0.15) is 54.2 Å². The smallest absolute Gasteiger partial charge is 0.342 e. The summed E-state index contributed by atoms with van der Waals surface area (Å²) in [6.07, 6.45) is 1.17. The molecule has 2 aromatic carbocycles. The molecule has 3 amide bonds. The van der Waals surface area contributed by atoms with Gasteiger partial charge in [0.1, 0.15) is 17.9 Å². The van der Waals surface area contributed by atoms with Crippen molar-refractivity contribution in [1.82, 2.24) is 15.5 Å². The molecule has 220 valence electrons. The summed E-state index contributed by atoms with van der Waals surface area (Å²) < 4.78 is 5.42. The zero-order chi connectivity index (χ0) is 30.1. The van der Waals surface area contributed by atoms with E-state index in [1.165, 1.54) is 13.2 Å². The van der Waals surface area contributed by atoms with Gasteiger partial charge in [0.05, 0.1) is 30.5 Å². The van der Waals surface area contributed by atoms with Crippen LogP contribution in [-0.4, -0.2) is 65.5 Å². The van der Waals surface area contributed by atoms with E-state index >= 15 is 0 Å². The van der Waals surface area contributed by atoms with Crippen molar-refractivity contribution < 1.29 is 34.0 Å². The van der Waals surface area contributed by atoms with E-state index < -0.39 is 46.0 Å². The lowest BCUT2D eigenvalue weighted by Crippen LogP contribution is -2.48. The minimum absolute atomic E-state index is 0.158. The van der Waals surface area contributed by atoms with Crippen LogP contribution in [0.25, 0.3) is 0 Å². The Hall–Kier alpha value is -4.39.